The van der Waals surface area contributed by atoms with Crippen LogP contribution in [0.5, 0.6) is 0 Å². The molecule has 2 aliphatic rings. The molecule has 2 amide bonds. The summed E-state index contributed by atoms with van der Waals surface area (Å²) >= 11 is 0. The van der Waals surface area contributed by atoms with Gasteiger partial charge in [-0.3, -0.25) is 14.5 Å². The van der Waals surface area contributed by atoms with Gasteiger partial charge in [-0.15, -0.1) is 0 Å². The van der Waals surface area contributed by atoms with Crippen molar-refractivity contribution in [3.63, 3.8) is 0 Å². The van der Waals surface area contributed by atoms with Crippen LogP contribution in [0.25, 0.3) is 10.8 Å². The Morgan fingerprint density at radius 3 is 2.27 bits per heavy atom. The minimum absolute atomic E-state index is 0.00128. The van der Waals surface area contributed by atoms with Gasteiger partial charge in [0.1, 0.15) is 0 Å². The summed E-state index contributed by atoms with van der Waals surface area (Å²) in [5.41, 5.74) is 1.31. The van der Waals surface area contributed by atoms with Crippen molar-refractivity contribution in [2.24, 2.45) is 0 Å². The molecule has 112 valence electrons. The van der Waals surface area contributed by atoms with Gasteiger partial charge >= 0.3 is 0 Å². The Morgan fingerprint density at radius 1 is 0.909 bits per heavy atom. The van der Waals surface area contributed by atoms with Gasteiger partial charge in [-0.1, -0.05) is 24.3 Å². The molecule has 2 aromatic rings. The molecule has 0 bridgehead atoms. The van der Waals surface area contributed by atoms with E-state index in [0.717, 1.165) is 43.1 Å². The molecule has 0 saturated carbocycles. The number of carbonyl (C=O) groups is 2. The minimum Gasteiger partial charge on any atom is -0.317 e. The van der Waals surface area contributed by atoms with Crippen LogP contribution in [0.2, 0.25) is 0 Å². The van der Waals surface area contributed by atoms with Crippen molar-refractivity contribution in [1.82, 2.24) is 10.2 Å². The lowest BCUT2D eigenvalue weighted by Gasteiger charge is -2.33. The normalized spacial score (nSPS) is 22.0. The van der Waals surface area contributed by atoms with Gasteiger partial charge in [0.05, 0.1) is 0 Å². The van der Waals surface area contributed by atoms with Crippen molar-refractivity contribution in [1.29, 1.82) is 0 Å². The first kappa shape index (κ1) is 13.5. The van der Waals surface area contributed by atoms with Gasteiger partial charge in [-0.2, -0.15) is 0 Å². The number of amides is 2. The summed E-state index contributed by atoms with van der Waals surface area (Å²) in [6, 6.07) is 11.4. The molecule has 22 heavy (non-hydrogen) atoms. The van der Waals surface area contributed by atoms with E-state index in [4.69, 9.17) is 0 Å². The first-order chi connectivity index (χ1) is 10.8. The molecule has 0 radical (unpaired) electrons. The molecule has 1 atom stereocenters. The van der Waals surface area contributed by atoms with Crippen molar-refractivity contribution >= 4 is 22.6 Å². The molecule has 4 rings (SSSR count). The SMILES string of the molecule is O=C1c2cccc3cccc(c23)C(=O)N1C1CCCNCC1. The van der Waals surface area contributed by atoms with Crippen molar-refractivity contribution in [3.8, 4) is 0 Å². The van der Waals surface area contributed by atoms with Crippen molar-refractivity contribution in [3.05, 3.63) is 47.5 Å². The molecule has 2 aliphatic heterocycles. The molecule has 2 heterocycles. The summed E-state index contributed by atoms with van der Waals surface area (Å²) < 4.78 is 0. The second kappa shape index (κ2) is 5.21. The van der Waals surface area contributed by atoms with E-state index in [1.54, 1.807) is 0 Å². The van der Waals surface area contributed by atoms with Gasteiger partial charge < -0.3 is 5.32 Å². The molecular weight excluding hydrogens is 276 g/mol. The topological polar surface area (TPSA) is 49.4 Å². The molecule has 4 heteroatoms. The summed E-state index contributed by atoms with van der Waals surface area (Å²) in [5.74, 6) is -0.276. The van der Waals surface area contributed by atoms with E-state index in [0.29, 0.717) is 11.1 Å². The first-order valence-electron chi connectivity index (χ1n) is 7.88. The molecule has 1 unspecified atom stereocenters. The molecule has 1 saturated heterocycles. The minimum atomic E-state index is -0.138. The van der Waals surface area contributed by atoms with E-state index in [9.17, 15) is 9.59 Å². The number of hydrogen-bond acceptors (Lipinski definition) is 3. The lowest BCUT2D eigenvalue weighted by Crippen LogP contribution is -2.47. The average Bonchev–Trinajstić information content (AvgIpc) is 2.82. The number of rotatable bonds is 1. The van der Waals surface area contributed by atoms with Crippen molar-refractivity contribution < 1.29 is 9.59 Å². The molecule has 0 aliphatic carbocycles. The Bertz CT molecular complexity index is 710. The first-order valence-corrected chi connectivity index (χ1v) is 7.88. The third-order valence-electron chi connectivity index (χ3n) is 4.71. The zero-order chi connectivity index (χ0) is 15.1. The molecule has 1 N–H and O–H groups in total. The Hall–Kier alpha value is -2.20. The summed E-state index contributed by atoms with van der Waals surface area (Å²) in [4.78, 5) is 27.3. The molecule has 2 aromatic carbocycles. The predicted molar refractivity (Wildman–Crippen MR) is 85.0 cm³/mol. The van der Waals surface area contributed by atoms with Crippen LogP contribution < -0.4 is 5.32 Å². The quantitative estimate of drug-likeness (QED) is 0.822. The zero-order valence-electron chi connectivity index (χ0n) is 12.3. The fourth-order valence-corrected chi connectivity index (χ4v) is 3.64. The highest BCUT2D eigenvalue weighted by molar-refractivity contribution is 6.25. The molecule has 4 nitrogen and oxygen atoms in total. The van der Waals surface area contributed by atoms with Crippen LogP contribution in [-0.4, -0.2) is 35.8 Å². The van der Waals surface area contributed by atoms with Crippen LogP contribution in [0, 0.1) is 0 Å². The van der Waals surface area contributed by atoms with Gasteiger partial charge in [-0.25, -0.2) is 0 Å². The van der Waals surface area contributed by atoms with Gasteiger partial charge in [0.2, 0.25) is 0 Å². The van der Waals surface area contributed by atoms with E-state index in [-0.39, 0.29) is 17.9 Å². The Kier molecular flexibility index (Phi) is 3.19. The Balaban J connectivity index is 1.84. The third-order valence-corrected chi connectivity index (χ3v) is 4.71. The van der Waals surface area contributed by atoms with Gasteiger partial charge in [0, 0.05) is 22.6 Å². The molecule has 0 aromatic heterocycles. The van der Waals surface area contributed by atoms with E-state index >= 15 is 0 Å². The van der Waals surface area contributed by atoms with E-state index in [1.165, 1.54) is 4.90 Å². The predicted octanol–water partition coefficient (Wildman–Crippen LogP) is 2.58. The maximum atomic E-state index is 12.9. The molecule has 0 spiro atoms. The number of benzene rings is 2. The van der Waals surface area contributed by atoms with E-state index in [1.807, 2.05) is 36.4 Å². The Morgan fingerprint density at radius 2 is 1.59 bits per heavy atom. The maximum Gasteiger partial charge on any atom is 0.261 e. The van der Waals surface area contributed by atoms with Gasteiger partial charge in [0.15, 0.2) is 0 Å². The summed E-state index contributed by atoms with van der Waals surface area (Å²) in [6.07, 6.45) is 2.70. The average molecular weight is 294 g/mol. The number of carbonyl (C=O) groups excluding carboxylic acids is 2. The second-order valence-corrected chi connectivity index (χ2v) is 6.02. The third kappa shape index (κ3) is 1.95. The lowest BCUT2D eigenvalue weighted by molar-refractivity contribution is 0.0527. The highest BCUT2D eigenvalue weighted by Crippen LogP contribution is 2.32. The fourth-order valence-electron chi connectivity index (χ4n) is 3.64. The highest BCUT2D eigenvalue weighted by atomic mass is 16.2. The monoisotopic (exact) mass is 294 g/mol. The van der Waals surface area contributed by atoms with Crippen molar-refractivity contribution in [2.75, 3.05) is 13.1 Å². The maximum absolute atomic E-state index is 12.9. The Labute approximate surface area is 129 Å². The van der Waals surface area contributed by atoms with Crippen LogP contribution in [0.4, 0.5) is 0 Å². The number of nitrogens with one attached hydrogen (secondary N) is 1. The van der Waals surface area contributed by atoms with Crippen LogP contribution >= 0.6 is 0 Å². The van der Waals surface area contributed by atoms with Crippen LogP contribution in [0.15, 0.2) is 36.4 Å². The smallest absolute Gasteiger partial charge is 0.261 e. The molecular formula is C18H18N2O2. The van der Waals surface area contributed by atoms with Crippen molar-refractivity contribution in [2.45, 2.75) is 25.3 Å². The summed E-state index contributed by atoms with van der Waals surface area (Å²) in [5, 5.41) is 5.10. The van der Waals surface area contributed by atoms with Crippen LogP contribution in [-0.2, 0) is 0 Å². The highest BCUT2D eigenvalue weighted by Gasteiger charge is 2.37. The van der Waals surface area contributed by atoms with Gasteiger partial charge in [-0.05, 0) is 49.9 Å². The summed E-state index contributed by atoms with van der Waals surface area (Å²) in [6.45, 7) is 1.81. The fraction of sp³-hybridized carbons (Fsp3) is 0.333. The number of imide groups is 1. The number of hydrogen-bond donors (Lipinski definition) is 1. The lowest BCUT2D eigenvalue weighted by atomic mass is 9.92. The zero-order valence-corrected chi connectivity index (χ0v) is 12.3. The van der Waals surface area contributed by atoms with Crippen LogP contribution in [0.3, 0.4) is 0 Å². The largest absolute Gasteiger partial charge is 0.317 e. The van der Waals surface area contributed by atoms with E-state index in [2.05, 4.69) is 5.32 Å². The standard InChI is InChI=1S/C18H18N2O2/c21-17-14-7-1-4-12-5-2-8-15(16(12)14)18(22)20(17)13-6-3-10-19-11-9-13/h1-2,4-5,7-8,13,19H,3,6,9-11H2. The van der Waals surface area contributed by atoms with Gasteiger partial charge in [0.25, 0.3) is 11.8 Å². The van der Waals surface area contributed by atoms with E-state index < -0.39 is 0 Å². The second-order valence-electron chi connectivity index (χ2n) is 6.02. The molecule has 1 fully saturated rings. The number of nitrogens with zero attached hydrogens (tertiary/aromatic N) is 1. The summed E-state index contributed by atoms with van der Waals surface area (Å²) in [7, 11) is 0. The van der Waals surface area contributed by atoms with Crippen LogP contribution in [0.1, 0.15) is 40.0 Å².